The molecule has 0 spiro atoms. The van der Waals surface area contributed by atoms with Crippen LogP contribution in [0.5, 0.6) is 0 Å². The summed E-state index contributed by atoms with van der Waals surface area (Å²) in [7, 11) is 0. The number of aromatic nitrogens is 1. The van der Waals surface area contributed by atoms with Crippen molar-refractivity contribution in [3.05, 3.63) is 29.6 Å². The maximum Gasteiger partial charge on any atom is 0.329 e. The van der Waals surface area contributed by atoms with Crippen LogP contribution in [0.15, 0.2) is 18.3 Å². The number of likely N-dealkylation sites (tertiary alicyclic amines) is 1. The smallest absolute Gasteiger partial charge is 0.329 e. The number of carbonyl (C=O) groups is 2. The van der Waals surface area contributed by atoms with Crippen LogP contribution in [-0.2, 0) is 16.1 Å². The van der Waals surface area contributed by atoms with E-state index in [1.165, 1.54) is 0 Å². The number of aliphatic carboxylic acids is 1. The summed E-state index contributed by atoms with van der Waals surface area (Å²) in [4.78, 5) is 28.3. The minimum Gasteiger partial charge on any atom is -0.480 e. The number of amides is 1. The third-order valence-electron chi connectivity index (χ3n) is 3.15. The minimum absolute atomic E-state index is 0.126. The molecule has 3 N–H and O–H groups in total. The first-order chi connectivity index (χ1) is 9.43. The lowest BCUT2D eigenvalue weighted by Gasteiger charge is -2.47. The molecule has 1 amide bonds. The molecule has 0 bridgehead atoms. The van der Waals surface area contributed by atoms with E-state index in [1.807, 2.05) is 0 Å². The number of rotatable bonds is 5. The van der Waals surface area contributed by atoms with E-state index in [2.05, 4.69) is 4.98 Å². The molecule has 1 aliphatic rings. The second kappa shape index (κ2) is 5.56. The van der Waals surface area contributed by atoms with Crippen molar-refractivity contribution in [2.45, 2.75) is 19.1 Å². The Hall–Kier alpha value is -1.99. The molecule has 0 aromatic carbocycles. The molecule has 108 valence electrons. The quantitative estimate of drug-likeness (QED) is 0.777. The average molecular weight is 279 g/mol. The summed E-state index contributed by atoms with van der Waals surface area (Å²) in [5.41, 5.74) is 6.09. The molecule has 1 aromatic rings. The molecule has 0 aliphatic carbocycles. The Labute approximate surface area is 116 Å². The van der Waals surface area contributed by atoms with Gasteiger partial charge in [0.05, 0.1) is 18.8 Å². The van der Waals surface area contributed by atoms with Gasteiger partial charge in [0.15, 0.2) is 0 Å². The number of pyridine rings is 1. The molecular formula is C13H17N3O4. The molecule has 7 nitrogen and oxygen atoms in total. The Balaban J connectivity index is 1.94. The standard InChI is InChI=1S/C13H17N3O4/c1-13(20-6-11(17)18)7-16(8-13)12(19)9-2-3-15-10(4-9)5-14/h2-4H,5-8,14H2,1H3,(H,17,18). The number of hydrogen-bond donors (Lipinski definition) is 2. The predicted octanol–water partition coefficient (Wildman–Crippen LogP) is -0.144. The van der Waals surface area contributed by atoms with E-state index in [0.29, 0.717) is 24.3 Å². The van der Waals surface area contributed by atoms with E-state index in [-0.39, 0.29) is 19.1 Å². The second-order valence-electron chi connectivity index (χ2n) is 5.03. The number of nitrogens with zero attached hydrogens (tertiary/aromatic N) is 2. The van der Waals surface area contributed by atoms with Gasteiger partial charge >= 0.3 is 5.97 Å². The van der Waals surface area contributed by atoms with Crippen molar-refractivity contribution in [1.29, 1.82) is 0 Å². The fourth-order valence-electron chi connectivity index (χ4n) is 2.14. The molecule has 2 rings (SSSR count). The number of carbonyl (C=O) groups excluding carboxylic acids is 1. The maximum atomic E-state index is 12.2. The molecule has 0 atom stereocenters. The largest absolute Gasteiger partial charge is 0.480 e. The van der Waals surface area contributed by atoms with Crippen molar-refractivity contribution in [2.24, 2.45) is 5.73 Å². The van der Waals surface area contributed by atoms with Gasteiger partial charge < -0.3 is 20.5 Å². The number of carboxylic acid groups (broad SMARTS) is 1. The van der Waals surface area contributed by atoms with Crippen molar-refractivity contribution >= 4 is 11.9 Å². The first-order valence-electron chi connectivity index (χ1n) is 6.23. The molecule has 2 heterocycles. The van der Waals surface area contributed by atoms with Crippen molar-refractivity contribution in [3.63, 3.8) is 0 Å². The van der Waals surface area contributed by atoms with Crippen LogP contribution >= 0.6 is 0 Å². The van der Waals surface area contributed by atoms with Crippen molar-refractivity contribution in [2.75, 3.05) is 19.7 Å². The third-order valence-corrected chi connectivity index (χ3v) is 3.15. The van der Waals surface area contributed by atoms with Gasteiger partial charge in [0.25, 0.3) is 5.91 Å². The predicted molar refractivity (Wildman–Crippen MR) is 70.0 cm³/mol. The molecule has 0 saturated carbocycles. The Kier molecular flexibility index (Phi) is 4.01. The van der Waals surface area contributed by atoms with Crippen LogP contribution in [0, 0.1) is 0 Å². The van der Waals surface area contributed by atoms with Crippen LogP contribution < -0.4 is 5.73 Å². The summed E-state index contributed by atoms with van der Waals surface area (Å²) >= 11 is 0. The molecule has 7 heteroatoms. The van der Waals surface area contributed by atoms with E-state index in [1.54, 1.807) is 30.2 Å². The Morgan fingerprint density at radius 1 is 1.55 bits per heavy atom. The highest BCUT2D eigenvalue weighted by molar-refractivity contribution is 5.95. The SMILES string of the molecule is CC1(OCC(=O)O)CN(C(=O)c2ccnc(CN)c2)C1. The molecule has 1 aromatic heterocycles. The second-order valence-corrected chi connectivity index (χ2v) is 5.03. The van der Waals surface area contributed by atoms with Crippen molar-refractivity contribution in [3.8, 4) is 0 Å². The average Bonchev–Trinajstić information content (AvgIpc) is 2.41. The van der Waals surface area contributed by atoms with Crippen molar-refractivity contribution < 1.29 is 19.4 Å². The summed E-state index contributed by atoms with van der Waals surface area (Å²) in [6.07, 6.45) is 1.55. The van der Waals surface area contributed by atoms with E-state index >= 15 is 0 Å². The van der Waals surface area contributed by atoms with Gasteiger partial charge in [0.1, 0.15) is 12.2 Å². The van der Waals surface area contributed by atoms with Gasteiger partial charge in [0, 0.05) is 18.3 Å². The molecule has 1 aliphatic heterocycles. The highest BCUT2D eigenvalue weighted by Crippen LogP contribution is 2.26. The van der Waals surface area contributed by atoms with Gasteiger partial charge in [-0.3, -0.25) is 9.78 Å². The van der Waals surface area contributed by atoms with Gasteiger partial charge in [-0.15, -0.1) is 0 Å². The maximum absolute atomic E-state index is 12.2. The third kappa shape index (κ3) is 3.12. The highest BCUT2D eigenvalue weighted by atomic mass is 16.5. The minimum atomic E-state index is -1.02. The van der Waals surface area contributed by atoms with E-state index in [9.17, 15) is 9.59 Å². The van der Waals surface area contributed by atoms with E-state index < -0.39 is 11.6 Å². The number of hydrogen-bond acceptors (Lipinski definition) is 5. The zero-order valence-corrected chi connectivity index (χ0v) is 11.2. The lowest BCUT2D eigenvalue weighted by atomic mass is 9.95. The van der Waals surface area contributed by atoms with Crippen LogP contribution in [0.4, 0.5) is 0 Å². The molecular weight excluding hydrogens is 262 g/mol. The van der Waals surface area contributed by atoms with E-state index in [0.717, 1.165) is 0 Å². The zero-order valence-electron chi connectivity index (χ0n) is 11.2. The van der Waals surface area contributed by atoms with Crippen LogP contribution in [0.2, 0.25) is 0 Å². The van der Waals surface area contributed by atoms with Gasteiger partial charge in [-0.2, -0.15) is 0 Å². The lowest BCUT2D eigenvalue weighted by molar-refractivity contribution is -0.159. The van der Waals surface area contributed by atoms with Crippen LogP contribution in [0.25, 0.3) is 0 Å². The summed E-state index contributed by atoms with van der Waals surface area (Å²) < 4.78 is 5.26. The van der Waals surface area contributed by atoms with Gasteiger partial charge in [-0.05, 0) is 19.1 Å². The summed E-state index contributed by atoms with van der Waals surface area (Å²) in [6, 6.07) is 3.30. The number of carboxylic acids is 1. The first kappa shape index (κ1) is 14.4. The van der Waals surface area contributed by atoms with Crippen LogP contribution in [0.1, 0.15) is 23.0 Å². The molecule has 20 heavy (non-hydrogen) atoms. The fourth-order valence-corrected chi connectivity index (χ4v) is 2.14. The topological polar surface area (TPSA) is 106 Å². The Morgan fingerprint density at radius 3 is 2.85 bits per heavy atom. The lowest BCUT2D eigenvalue weighted by Crippen LogP contribution is -2.63. The first-order valence-corrected chi connectivity index (χ1v) is 6.23. The van der Waals surface area contributed by atoms with Crippen LogP contribution in [0.3, 0.4) is 0 Å². The van der Waals surface area contributed by atoms with Gasteiger partial charge in [-0.1, -0.05) is 0 Å². The summed E-state index contributed by atoms with van der Waals surface area (Å²) in [5.74, 6) is -1.14. The van der Waals surface area contributed by atoms with Gasteiger partial charge in [0.2, 0.25) is 0 Å². The summed E-state index contributed by atoms with van der Waals surface area (Å²) in [6.45, 7) is 2.46. The molecule has 1 fully saturated rings. The normalized spacial score (nSPS) is 16.6. The Bertz CT molecular complexity index is 526. The monoisotopic (exact) mass is 279 g/mol. The summed E-state index contributed by atoms with van der Waals surface area (Å²) in [5, 5.41) is 8.58. The fraction of sp³-hybridized carbons (Fsp3) is 0.462. The zero-order chi connectivity index (χ0) is 14.8. The molecule has 1 saturated heterocycles. The molecule has 0 unspecified atom stereocenters. The molecule has 0 radical (unpaired) electrons. The Morgan fingerprint density at radius 2 is 2.25 bits per heavy atom. The van der Waals surface area contributed by atoms with E-state index in [4.69, 9.17) is 15.6 Å². The number of ether oxygens (including phenoxy) is 1. The highest BCUT2D eigenvalue weighted by Gasteiger charge is 2.42. The van der Waals surface area contributed by atoms with Gasteiger partial charge in [-0.25, -0.2) is 4.79 Å². The van der Waals surface area contributed by atoms with Crippen LogP contribution in [-0.4, -0.2) is 52.2 Å². The number of nitrogens with two attached hydrogens (primary N) is 1. The van der Waals surface area contributed by atoms with Crippen molar-refractivity contribution in [1.82, 2.24) is 9.88 Å².